The fourth-order valence-corrected chi connectivity index (χ4v) is 9.50. The van der Waals surface area contributed by atoms with E-state index in [2.05, 4.69) is 185 Å². The van der Waals surface area contributed by atoms with Crippen LogP contribution in [0.5, 0.6) is 0 Å². The number of benzene rings is 9. The number of nitrogens with zero attached hydrogens (tertiary/aromatic N) is 2. The molecule has 0 bridgehead atoms. The summed E-state index contributed by atoms with van der Waals surface area (Å²) >= 11 is 0. The Hall–Kier alpha value is -7.82. The van der Waals surface area contributed by atoms with Crippen molar-refractivity contribution in [2.24, 2.45) is 0 Å². The molecule has 0 N–H and O–H groups in total. The lowest BCUT2D eigenvalue weighted by atomic mass is 10.0. The Kier molecular flexibility index (Phi) is 6.41. The molecule has 9 aromatic carbocycles. The van der Waals surface area contributed by atoms with Gasteiger partial charge in [0.05, 0.1) is 22.1 Å². The molecule has 0 aliphatic rings. The molecule has 0 saturated carbocycles. The minimum Gasteiger partial charge on any atom is -0.455 e. The second-order valence-corrected chi connectivity index (χ2v) is 15.2. The summed E-state index contributed by atoms with van der Waals surface area (Å²) < 4.78 is 17.7. The molecule has 4 heterocycles. The van der Waals surface area contributed by atoms with Gasteiger partial charge in [0.2, 0.25) is 0 Å². The zero-order valence-corrected chi connectivity index (χ0v) is 31.2. The molecule has 58 heavy (non-hydrogen) atoms. The molecule has 0 aliphatic heterocycles. The fraction of sp³-hybridized carbons (Fsp3) is 0. The van der Waals surface area contributed by atoms with E-state index in [1.54, 1.807) is 0 Å². The largest absolute Gasteiger partial charge is 0.455 e. The number of furan rings is 2. The molecule has 0 atom stereocenters. The molecule has 0 saturated heterocycles. The summed E-state index contributed by atoms with van der Waals surface area (Å²) in [5.74, 6) is 0. The van der Waals surface area contributed by atoms with E-state index in [0.29, 0.717) is 0 Å². The highest BCUT2D eigenvalue weighted by Gasteiger charge is 2.20. The quantitative estimate of drug-likeness (QED) is 0.180. The molecule has 4 aromatic heterocycles. The zero-order valence-electron chi connectivity index (χ0n) is 31.2. The molecule has 13 aromatic rings. The van der Waals surface area contributed by atoms with Crippen LogP contribution in [-0.4, -0.2) is 9.13 Å². The van der Waals surface area contributed by atoms with Crippen molar-refractivity contribution in [1.29, 1.82) is 0 Å². The van der Waals surface area contributed by atoms with Crippen molar-refractivity contribution in [1.82, 2.24) is 9.13 Å². The van der Waals surface area contributed by atoms with Crippen LogP contribution >= 0.6 is 0 Å². The van der Waals surface area contributed by atoms with E-state index in [9.17, 15) is 0 Å². The standard InChI is InChI=1S/C54H32N2O2/c1-6-17-48-39(10-1)43-29-30-45-42-13-4-8-19-51(42)58-54(45)52(43)56(48)37-27-22-34(23-28-37)33-20-25-36(26-21-33)55-47-16-5-2-11-40(47)46-32-35(24-31-49(46)55)38-14-9-15-44-41-12-3-7-18-50(41)57-53(38)44/h1-32H. The van der Waals surface area contributed by atoms with Gasteiger partial charge in [-0.05, 0) is 83.4 Å². The molecular formula is C54H32N2O2. The van der Waals surface area contributed by atoms with Crippen LogP contribution in [0.2, 0.25) is 0 Å². The molecule has 0 amide bonds. The topological polar surface area (TPSA) is 36.1 Å². The summed E-state index contributed by atoms with van der Waals surface area (Å²) in [5.41, 5.74) is 15.1. The third-order valence-corrected chi connectivity index (χ3v) is 12.2. The number of fused-ring (bicyclic) bond motifs is 13. The first-order valence-electron chi connectivity index (χ1n) is 19.8. The van der Waals surface area contributed by atoms with Crippen LogP contribution in [-0.2, 0) is 0 Å². The van der Waals surface area contributed by atoms with Crippen LogP contribution in [0, 0.1) is 0 Å². The van der Waals surface area contributed by atoms with Crippen molar-refractivity contribution < 1.29 is 8.83 Å². The highest BCUT2D eigenvalue weighted by molar-refractivity contribution is 6.21. The molecule has 0 unspecified atom stereocenters. The van der Waals surface area contributed by atoms with Gasteiger partial charge in [0.1, 0.15) is 16.7 Å². The molecular weight excluding hydrogens is 709 g/mol. The van der Waals surface area contributed by atoms with E-state index in [4.69, 9.17) is 8.83 Å². The Bertz CT molecular complexity index is 3780. The third kappa shape index (κ3) is 4.40. The maximum Gasteiger partial charge on any atom is 0.160 e. The Morgan fingerprint density at radius 2 is 0.776 bits per heavy atom. The van der Waals surface area contributed by atoms with Gasteiger partial charge in [-0.15, -0.1) is 0 Å². The van der Waals surface area contributed by atoms with E-state index < -0.39 is 0 Å². The molecule has 0 fully saturated rings. The van der Waals surface area contributed by atoms with E-state index >= 15 is 0 Å². The van der Waals surface area contributed by atoms with Crippen LogP contribution in [0.25, 0.3) is 121 Å². The van der Waals surface area contributed by atoms with Crippen LogP contribution in [0.1, 0.15) is 0 Å². The predicted molar refractivity (Wildman–Crippen MR) is 241 cm³/mol. The normalized spacial score (nSPS) is 12.1. The second-order valence-electron chi connectivity index (χ2n) is 15.2. The summed E-state index contributed by atoms with van der Waals surface area (Å²) in [4.78, 5) is 0. The highest BCUT2D eigenvalue weighted by atomic mass is 16.3. The van der Waals surface area contributed by atoms with Gasteiger partial charge in [-0.2, -0.15) is 0 Å². The predicted octanol–water partition coefficient (Wildman–Crippen LogP) is 15.0. The average molecular weight is 741 g/mol. The first kappa shape index (κ1) is 31.4. The molecule has 13 rings (SSSR count). The molecule has 4 nitrogen and oxygen atoms in total. The third-order valence-electron chi connectivity index (χ3n) is 12.2. The van der Waals surface area contributed by atoms with Gasteiger partial charge >= 0.3 is 0 Å². The monoisotopic (exact) mass is 740 g/mol. The zero-order chi connectivity index (χ0) is 37.9. The van der Waals surface area contributed by atoms with E-state index in [1.807, 2.05) is 18.2 Å². The first-order valence-corrected chi connectivity index (χ1v) is 19.8. The summed E-state index contributed by atoms with van der Waals surface area (Å²) in [6, 6.07) is 69.5. The average Bonchev–Trinajstić information content (AvgIpc) is 4.04. The number of aromatic nitrogens is 2. The van der Waals surface area contributed by atoms with Crippen LogP contribution in [0.3, 0.4) is 0 Å². The Balaban J connectivity index is 0.893. The van der Waals surface area contributed by atoms with Crippen molar-refractivity contribution in [3.63, 3.8) is 0 Å². The SMILES string of the molecule is c1ccc2c(c1)oc1c(-c3ccc4c(c3)c3ccccc3n4-c3ccc(-c4ccc(-n5c6ccccc6c6ccc7c8ccccc8oc7c65)cc4)cc3)cccc12. The van der Waals surface area contributed by atoms with Crippen molar-refractivity contribution in [3.8, 4) is 33.6 Å². The van der Waals surface area contributed by atoms with E-state index in [1.165, 1.54) is 38.1 Å². The summed E-state index contributed by atoms with van der Waals surface area (Å²) in [6.07, 6.45) is 0. The summed E-state index contributed by atoms with van der Waals surface area (Å²) in [6.45, 7) is 0. The molecule has 0 aliphatic carbocycles. The molecule has 270 valence electrons. The smallest absolute Gasteiger partial charge is 0.160 e. The van der Waals surface area contributed by atoms with Gasteiger partial charge < -0.3 is 18.0 Å². The van der Waals surface area contributed by atoms with Crippen LogP contribution in [0.15, 0.2) is 203 Å². The van der Waals surface area contributed by atoms with Gasteiger partial charge in [0.15, 0.2) is 5.58 Å². The Morgan fingerprint density at radius 1 is 0.293 bits per heavy atom. The van der Waals surface area contributed by atoms with Gasteiger partial charge in [-0.25, -0.2) is 0 Å². The lowest BCUT2D eigenvalue weighted by Gasteiger charge is -2.11. The van der Waals surface area contributed by atoms with Crippen molar-refractivity contribution in [3.05, 3.63) is 194 Å². The van der Waals surface area contributed by atoms with Gasteiger partial charge in [-0.3, -0.25) is 0 Å². The van der Waals surface area contributed by atoms with E-state index in [0.717, 1.165) is 83.0 Å². The van der Waals surface area contributed by atoms with E-state index in [-0.39, 0.29) is 0 Å². The molecule has 4 heteroatoms. The van der Waals surface area contributed by atoms with Crippen molar-refractivity contribution >= 4 is 87.5 Å². The first-order chi connectivity index (χ1) is 28.8. The van der Waals surface area contributed by atoms with Gasteiger partial charge in [0, 0.05) is 60.0 Å². The summed E-state index contributed by atoms with van der Waals surface area (Å²) in [7, 11) is 0. The number of hydrogen-bond acceptors (Lipinski definition) is 2. The highest BCUT2D eigenvalue weighted by Crippen LogP contribution is 2.42. The minimum absolute atomic E-state index is 0.906. The van der Waals surface area contributed by atoms with Crippen molar-refractivity contribution in [2.45, 2.75) is 0 Å². The number of hydrogen-bond donors (Lipinski definition) is 0. The molecule has 0 spiro atoms. The van der Waals surface area contributed by atoms with Gasteiger partial charge in [0.25, 0.3) is 0 Å². The Labute approximate surface area is 332 Å². The number of para-hydroxylation sites is 5. The number of rotatable bonds is 4. The maximum atomic E-state index is 6.57. The summed E-state index contributed by atoms with van der Waals surface area (Å²) in [5, 5.41) is 9.39. The maximum absolute atomic E-state index is 6.57. The van der Waals surface area contributed by atoms with Gasteiger partial charge in [-0.1, -0.05) is 127 Å². The van der Waals surface area contributed by atoms with Crippen LogP contribution < -0.4 is 0 Å². The fourth-order valence-electron chi connectivity index (χ4n) is 9.50. The Morgan fingerprint density at radius 3 is 1.47 bits per heavy atom. The van der Waals surface area contributed by atoms with Crippen molar-refractivity contribution in [2.75, 3.05) is 0 Å². The minimum atomic E-state index is 0.906. The van der Waals surface area contributed by atoms with Crippen LogP contribution in [0.4, 0.5) is 0 Å². The lowest BCUT2D eigenvalue weighted by molar-refractivity contribution is 0.670. The lowest BCUT2D eigenvalue weighted by Crippen LogP contribution is -1.95. The molecule has 0 radical (unpaired) electrons. The second kappa shape index (κ2) is 11.8.